The van der Waals surface area contributed by atoms with Crippen LogP contribution in [0.5, 0.6) is 0 Å². The van der Waals surface area contributed by atoms with Crippen molar-refractivity contribution in [3.8, 4) is 0 Å². The maximum absolute atomic E-state index is 12.9. The molecule has 128 valence electrons. The van der Waals surface area contributed by atoms with Crippen molar-refractivity contribution in [2.45, 2.75) is 31.8 Å². The average molecular weight is 332 g/mol. The van der Waals surface area contributed by atoms with Gasteiger partial charge < -0.3 is 15.3 Å². The van der Waals surface area contributed by atoms with E-state index in [-0.39, 0.29) is 24.3 Å². The molecular formula is C17H22BFN2O3. The molecule has 0 unspecified atom stereocenters. The number of hydrogen-bond acceptors (Lipinski definition) is 2. The zero-order chi connectivity index (χ0) is 17.1. The van der Waals surface area contributed by atoms with Crippen LogP contribution in [0, 0.1) is 17.7 Å². The highest BCUT2D eigenvalue weighted by atomic mass is 19.1. The number of likely N-dealkylation sites (tertiary alicyclic amines) is 1. The van der Waals surface area contributed by atoms with E-state index in [0.29, 0.717) is 12.2 Å². The third kappa shape index (κ3) is 4.27. The summed E-state index contributed by atoms with van der Waals surface area (Å²) in [6, 6.07) is 5.22. The molecule has 1 aromatic carbocycles. The SMILES string of the molecule is O=C(O)[C@@H]1CN(C(=O)Nc2ccc(F)cc2)C[C@@H]1CCCB1CC1. The number of carboxylic acids is 1. The van der Waals surface area contributed by atoms with Crippen LogP contribution >= 0.6 is 0 Å². The van der Waals surface area contributed by atoms with E-state index >= 15 is 0 Å². The van der Waals surface area contributed by atoms with E-state index in [1.165, 1.54) is 43.2 Å². The number of halogens is 1. The molecule has 0 saturated carbocycles. The Balaban J connectivity index is 1.55. The lowest BCUT2D eigenvalue weighted by Gasteiger charge is -2.17. The van der Waals surface area contributed by atoms with Crippen LogP contribution in [0.1, 0.15) is 12.8 Å². The Morgan fingerprint density at radius 1 is 1.25 bits per heavy atom. The van der Waals surface area contributed by atoms with Gasteiger partial charge in [0.1, 0.15) is 12.5 Å². The number of nitrogens with one attached hydrogen (secondary N) is 1. The van der Waals surface area contributed by atoms with Gasteiger partial charge in [-0.2, -0.15) is 0 Å². The molecule has 1 aromatic rings. The van der Waals surface area contributed by atoms with Crippen LogP contribution in [-0.2, 0) is 4.79 Å². The van der Waals surface area contributed by atoms with Crippen LogP contribution in [0.2, 0.25) is 19.0 Å². The number of aliphatic carboxylic acids is 1. The minimum absolute atomic E-state index is 0.0141. The van der Waals surface area contributed by atoms with E-state index in [1.54, 1.807) is 4.90 Å². The van der Waals surface area contributed by atoms with Crippen molar-refractivity contribution in [1.82, 2.24) is 4.90 Å². The number of hydrogen-bond donors (Lipinski definition) is 2. The molecule has 2 aliphatic heterocycles. The number of benzene rings is 1. The fourth-order valence-corrected chi connectivity index (χ4v) is 3.42. The number of carbonyl (C=O) groups excluding carboxylic acids is 1. The van der Waals surface area contributed by atoms with Crippen molar-refractivity contribution in [2.24, 2.45) is 11.8 Å². The molecule has 0 radical (unpaired) electrons. The Hall–Kier alpha value is -2.05. The van der Waals surface area contributed by atoms with E-state index in [0.717, 1.165) is 19.6 Å². The second kappa shape index (κ2) is 7.24. The van der Waals surface area contributed by atoms with Crippen LogP contribution < -0.4 is 5.32 Å². The molecular weight excluding hydrogens is 310 g/mol. The van der Waals surface area contributed by atoms with Gasteiger partial charge in [-0.15, -0.1) is 0 Å². The van der Waals surface area contributed by atoms with Gasteiger partial charge in [0.25, 0.3) is 0 Å². The molecule has 24 heavy (non-hydrogen) atoms. The number of amides is 2. The maximum Gasteiger partial charge on any atom is 0.321 e. The van der Waals surface area contributed by atoms with E-state index < -0.39 is 11.9 Å². The minimum Gasteiger partial charge on any atom is -0.481 e. The highest BCUT2D eigenvalue weighted by Crippen LogP contribution is 2.32. The van der Waals surface area contributed by atoms with Gasteiger partial charge >= 0.3 is 12.0 Å². The second-order valence-corrected chi connectivity index (χ2v) is 6.92. The lowest BCUT2D eigenvalue weighted by Crippen LogP contribution is -2.33. The standard InChI is InChI=1S/C17H22BFN2O3/c19-13-3-5-14(6-4-13)20-17(24)21-10-12(15(11-21)16(22)23)2-1-7-18-8-9-18/h3-6,12,15H,1-2,7-11H2,(H,20,24)(H,22,23)/t12-,15+/m0/s1. The quantitative estimate of drug-likeness (QED) is 0.786. The Labute approximate surface area is 141 Å². The van der Waals surface area contributed by atoms with Gasteiger partial charge in [-0.25, -0.2) is 9.18 Å². The first-order chi connectivity index (χ1) is 11.5. The lowest BCUT2D eigenvalue weighted by atomic mass is 9.65. The van der Waals surface area contributed by atoms with Gasteiger partial charge in [0.15, 0.2) is 0 Å². The van der Waals surface area contributed by atoms with E-state index in [9.17, 15) is 19.1 Å². The highest BCUT2D eigenvalue weighted by molar-refractivity contribution is 6.69. The first kappa shape index (κ1) is 16.8. The van der Waals surface area contributed by atoms with Crippen LogP contribution in [-0.4, -0.2) is 41.8 Å². The Bertz CT molecular complexity index is 606. The first-order valence-corrected chi connectivity index (χ1v) is 8.57. The summed E-state index contributed by atoms with van der Waals surface area (Å²) in [6.45, 7) is 1.54. The predicted molar refractivity (Wildman–Crippen MR) is 91.0 cm³/mol. The molecule has 7 heteroatoms. The molecule has 2 heterocycles. The summed E-state index contributed by atoms with van der Waals surface area (Å²) < 4.78 is 12.9. The Morgan fingerprint density at radius 2 is 1.96 bits per heavy atom. The van der Waals surface area contributed by atoms with Crippen molar-refractivity contribution >= 4 is 24.4 Å². The molecule has 2 fully saturated rings. The number of nitrogens with zero attached hydrogens (tertiary/aromatic N) is 1. The van der Waals surface area contributed by atoms with Crippen LogP contribution in [0.3, 0.4) is 0 Å². The molecule has 0 spiro atoms. The third-order valence-electron chi connectivity index (χ3n) is 5.03. The van der Waals surface area contributed by atoms with Crippen LogP contribution in [0.4, 0.5) is 14.9 Å². The average Bonchev–Trinajstić information content (AvgIpc) is 3.26. The van der Waals surface area contributed by atoms with Crippen molar-refractivity contribution in [3.63, 3.8) is 0 Å². The van der Waals surface area contributed by atoms with Gasteiger partial charge in [-0.1, -0.05) is 25.4 Å². The van der Waals surface area contributed by atoms with Crippen molar-refractivity contribution in [1.29, 1.82) is 0 Å². The molecule has 2 N–H and O–H groups in total. The predicted octanol–water partition coefficient (Wildman–Crippen LogP) is 3.28. The minimum atomic E-state index is -0.830. The molecule has 0 aromatic heterocycles. The van der Waals surface area contributed by atoms with Crippen molar-refractivity contribution in [2.75, 3.05) is 18.4 Å². The zero-order valence-electron chi connectivity index (χ0n) is 13.6. The van der Waals surface area contributed by atoms with Gasteiger partial charge in [-0.05, 0) is 36.6 Å². The van der Waals surface area contributed by atoms with Gasteiger partial charge in [0.2, 0.25) is 0 Å². The van der Waals surface area contributed by atoms with Crippen LogP contribution in [0.15, 0.2) is 24.3 Å². The normalized spacial score (nSPS) is 22.5. The number of carbonyl (C=O) groups is 2. The summed E-state index contributed by atoms with van der Waals surface area (Å²) in [6.07, 6.45) is 5.67. The summed E-state index contributed by atoms with van der Waals surface area (Å²) in [5, 5.41) is 12.1. The van der Waals surface area contributed by atoms with Gasteiger partial charge in [0.05, 0.1) is 5.92 Å². The zero-order valence-corrected chi connectivity index (χ0v) is 13.6. The van der Waals surface area contributed by atoms with Crippen molar-refractivity contribution < 1.29 is 19.1 Å². The third-order valence-corrected chi connectivity index (χ3v) is 5.03. The Kier molecular flexibility index (Phi) is 5.07. The highest BCUT2D eigenvalue weighted by Gasteiger charge is 2.39. The maximum atomic E-state index is 12.9. The molecule has 2 aliphatic rings. The monoisotopic (exact) mass is 332 g/mol. The van der Waals surface area contributed by atoms with E-state index in [4.69, 9.17) is 0 Å². The number of anilines is 1. The summed E-state index contributed by atoms with van der Waals surface area (Å²) >= 11 is 0. The fraction of sp³-hybridized carbons (Fsp3) is 0.529. The molecule has 3 rings (SSSR count). The molecule has 2 amide bonds. The van der Waals surface area contributed by atoms with Crippen LogP contribution in [0.25, 0.3) is 0 Å². The second-order valence-electron chi connectivity index (χ2n) is 6.92. The van der Waals surface area contributed by atoms with Gasteiger partial charge in [0, 0.05) is 18.8 Å². The largest absolute Gasteiger partial charge is 0.481 e. The number of carboxylic acid groups (broad SMARTS) is 1. The smallest absolute Gasteiger partial charge is 0.321 e. The van der Waals surface area contributed by atoms with E-state index in [2.05, 4.69) is 5.32 Å². The van der Waals surface area contributed by atoms with E-state index in [1.807, 2.05) is 0 Å². The molecule has 2 atom stereocenters. The lowest BCUT2D eigenvalue weighted by molar-refractivity contribution is -0.142. The molecule has 0 bridgehead atoms. The molecule has 0 aliphatic carbocycles. The Morgan fingerprint density at radius 3 is 2.58 bits per heavy atom. The molecule has 5 nitrogen and oxygen atoms in total. The number of urea groups is 1. The summed E-state index contributed by atoms with van der Waals surface area (Å²) in [4.78, 5) is 25.4. The topological polar surface area (TPSA) is 69.6 Å². The summed E-state index contributed by atoms with van der Waals surface area (Å²) in [5.41, 5.74) is 0.505. The fourth-order valence-electron chi connectivity index (χ4n) is 3.42. The van der Waals surface area contributed by atoms with Gasteiger partial charge in [-0.3, -0.25) is 4.79 Å². The summed E-state index contributed by atoms with van der Waals surface area (Å²) in [7, 11) is 0. The first-order valence-electron chi connectivity index (χ1n) is 8.57. The number of rotatable bonds is 6. The van der Waals surface area contributed by atoms with Crippen molar-refractivity contribution in [3.05, 3.63) is 30.1 Å². The summed E-state index contributed by atoms with van der Waals surface area (Å²) in [5.74, 6) is -1.68. The molecule has 2 saturated heterocycles.